The zero-order chi connectivity index (χ0) is 66.9. The Morgan fingerprint density at radius 1 is 0.253 bits per heavy atom. The lowest BCUT2D eigenvalue weighted by atomic mass is 10.1. The van der Waals surface area contributed by atoms with E-state index in [-0.39, 0.29) is 79.8 Å². The van der Waals surface area contributed by atoms with E-state index >= 15 is 0 Å². The molecule has 0 atom stereocenters. The van der Waals surface area contributed by atoms with Gasteiger partial charge in [0.15, 0.2) is 17.3 Å². The van der Waals surface area contributed by atoms with Gasteiger partial charge >= 0.3 is 0 Å². The second-order valence-corrected chi connectivity index (χ2v) is 25.3. The molecule has 0 aliphatic rings. The van der Waals surface area contributed by atoms with Crippen LogP contribution in [0.2, 0.25) is 0 Å². The molecule has 1 N–H and O–H groups in total. The minimum atomic E-state index is -0.122. The molecule has 522 valence electrons. The summed E-state index contributed by atoms with van der Waals surface area (Å²) in [5.74, 6) is 3.90. The lowest BCUT2D eigenvalue weighted by Gasteiger charge is -2.09. The van der Waals surface area contributed by atoms with Gasteiger partial charge in [-0.1, -0.05) is 69.2 Å². The van der Waals surface area contributed by atoms with Gasteiger partial charge in [0.05, 0.1) is 70.7 Å². The van der Waals surface area contributed by atoms with Crippen LogP contribution in [-0.4, -0.2) is 192 Å². The summed E-state index contributed by atoms with van der Waals surface area (Å²) in [6.07, 6.45) is 12.1. The zero-order valence-electron chi connectivity index (χ0n) is 59.8. The molecular weight excluding hydrogens is 1110 g/mol. The van der Waals surface area contributed by atoms with E-state index in [0.29, 0.717) is 154 Å². The minimum Gasteiger partial charge on any atom is -0.381 e. The molecule has 0 unspecified atom stereocenters. The quantitative estimate of drug-likeness (QED) is 0.0562. The molecule has 0 aromatic rings. The summed E-state index contributed by atoms with van der Waals surface area (Å²) in [6, 6.07) is 0.120. The molecule has 18 nitrogen and oxygen atoms in total. The fraction of sp³-hybridized carbons (Fsp3) is 0.928. The van der Waals surface area contributed by atoms with Gasteiger partial charge in [-0.3, -0.25) is 24.0 Å². The summed E-state index contributed by atoms with van der Waals surface area (Å²) < 4.78 is 64.0. The largest absolute Gasteiger partial charge is 0.381 e. The number of ether oxygens (including phenoxy) is 12. The van der Waals surface area contributed by atoms with Crippen molar-refractivity contribution in [1.29, 1.82) is 0 Å². The van der Waals surface area contributed by atoms with Gasteiger partial charge in [0.2, 0.25) is 5.91 Å². The number of carbonyl (C=O) groups excluding carboxylic acids is 5. The summed E-state index contributed by atoms with van der Waals surface area (Å²) in [5, 5.41) is 2.74. The Bertz CT molecular complexity index is 1460. The maximum absolute atomic E-state index is 11.5. The van der Waals surface area contributed by atoms with Crippen molar-refractivity contribution in [2.24, 2.45) is 29.6 Å². The third kappa shape index (κ3) is 100. The molecule has 0 saturated carbocycles. The second kappa shape index (κ2) is 71.1. The van der Waals surface area contributed by atoms with Crippen LogP contribution in [0.15, 0.2) is 0 Å². The molecule has 0 aliphatic carbocycles. The van der Waals surface area contributed by atoms with Crippen LogP contribution >= 0.6 is 0 Å². The van der Waals surface area contributed by atoms with E-state index in [4.69, 9.17) is 56.8 Å². The highest BCUT2D eigenvalue weighted by Crippen LogP contribution is 2.06. The lowest BCUT2D eigenvalue weighted by Crippen LogP contribution is -2.33. The molecule has 0 aromatic carbocycles. The van der Waals surface area contributed by atoms with Crippen molar-refractivity contribution >= 4 is 29.0 Å². The average Bonchev–Trinajstić information content (AvgIpc) is 3.42. The summed E-state index contributed by atoms with van der Waals surface area (Å²) in [7, 11) is 0. The summed E-state index contributed by atoms with van der Waals surface area (Å²) in [5.41, 5.74) is 0. The van der Waals surface area contributed by atoms with Crippen molar-refractivity contribution in [2.75, 3.05) is 132 Å². The van der Waals surface area contributed by atoms with Crippen LogP contribution in [0.5, 0.6) is 0 Å². The fourth-order valence-electron chi connectivity index (χ4n) is 6.35. The first-order chi connectivity index (χ1) is 41.1. The summed E-state index contributed by atoms with van der Waals surface area (Å²) >= 11 is 0. The maximum atomic E-state index is 11.5. The number of rotatable bonds is 56. The Morgan fingerprint density at radius 3 is 0.851 bits per heavy atom. The third-order valence-corrected chi connectivity index (χ3v) is 11.5. The molecule has 0 rings (SSSR count). The van der Waals surface area contributed by atoms with Gasteiger partial charge in [0.25, 0.3) is 0 Å². The van der Waals surface area contributed by atoms with Gasteiger partial charge in [-0.2, -0.15) is 0 Å². The van der Waals surface area contributed by atoms with Crippen molar-refractivity contribution in [3.8, 4) is 0 Å². The van der Waals surface area contributed by atoms with Crippen LogP contribution in [-0.2, 0) is 80.8 Å². The topological polar surface area (TPSA) is 208 Å². The predicted octanol–water partition coefficient (Wildman–Crippen LogP) is 13.3. The molecule has 0 spiro atoms. The Kier molecular flexibility index (Phi) is 76.3. The van der Waals surface area contributed by atoms with Crippen molar-refractivity contribution < 1.29 is 80.8 Å². The van der Waals surface area contributed by atoms with E-state index < -0.39 is 0 Å². The van der Waals surface area contributed by atoms with Crippen molar-refractivity contribution in [2.45, 2.75) is 259 Å². The Labute approximate surface area is 533 Å². The van der Waals surface area contributed by atoms with E-state index in [2.05, 4.69) is 88.4 Å². The van der Waals surface area contributed by atoms with Gasteiger partial charge in [0.1, 0.15) is 32.2 Å². The summed E-state index contributed by atoms with van der Waals surface area (Å²) in [6.45, 7) is 52.1. The molecule has 0 aromatic heterocycles. The predicted molar refractivity (Wildman–Crippen MR) is 353 cm³/mol. The van der Waals surface area contributed by atoms with E-state index in [0.717, 1.165) is 70.7 Å². The second-order valence-electron chi connectivity index (χ2n) is 25.3. The maximum Gasteiger partial charge on any atom is 0.246 e. The molecule has 87 heavy (non-hydrogen) atoms. The first kappa shape index (κ1) is 93.4. The molecule has 1 amide bonds. The SMILES string of the molecule is CC(C)CCOC(C)C.CC(C)CCOCC(=O)CCCOCCOC(C)C.CC(C)CCOCC(=O)CCCOCCOCC(=O)NC(C)C.CC(C)CCOCCCC(=O)CCOC(C)C.CC(C)CCOCCCC(=O)COCCOC(C)C. The Balaban J connectivity index is -0.000000329. The molecule has 0 aliphatic heterocycles. The number of amides is 1. The van der Waals surface area contributed by atoms with E-state index in [1.54, 1.807) is 0 Å². The highest BCUT2D eigenvalue weighted by molar-refractivity contribution is 5.80. The molecule has 0 bridgehead atoms. The molecule has 0 fully saturated rings. The Morgan fingerprint density at radius 2 is 0.506 bits per heavy atom. The molecule has 0 radical (unpaired) electrons. The van der Waals surface area contributed by atoms with E-state index in [9.17, 15) is 24.0 Å². The highest BCUT2D eigenvalue weighted by Gasteiger charge is 2.08. The Hall–Kier alpha value is -2.33. The smallest absolute Gasteiger partial charge is 0.246 e. The van der Waals surface area contributed by atoms with Gasteiger partial charge in [-0.05, 0) is 157 Å². The zero-order valence-corrected chi connectivity index (χ0v) is 59.8. The van der Waals surface area contributed by atoms with Crippen molar-refractivity contribution in [3.63, 3.8) is 0 Å². The van der Waals surface area contributed by atoms with Crippen molar-refractivity contribution in [3.05, 3.63) is 0 Å². The van der Waals surface area contributed by atoms with Gasteiger partial charge in [0, 0.05) is 97.6 Å². The average molecular weight is 1250 g/mol. The number of carbonyl (C=O) groups is 5. The highest BCUT2D eigenvalue weighted by atomic mass is 16.5. The normalized spacial score (nSPS) is 11.4. The molecular formula is C69H139NO17. The third-order valence-electron chi connectivity index (χ3n) is 11.5. The number of ketones is 4. The number of nitrogens with one attached hydrogen (secondary N) is 1. The number of hydrogen-bond acceptors (Lipinski definition) is 17. The molecule has 0 heterocycles. The lowest BCUT2D eigenvalue weighted by molar-refractivity contribution is -0.127. The molecule has 0 saturated heterocycles. The van der Waals surface area contributed by atoms with Gasteiger partial charge in [-0.15, -0.1) is 0 Å². The monoisotopic (exact) mass is 1250 g/mol. The number of hydrogen-bond donors (Lipinski definition) is 1. The van der Waals surface area contributed by atoms with E-state index in [1.165, 1.54) is 6.42 Å². The van der Waals surface area contributed by atoms with Gasteiger partial charge in [-0.25, -0.2) is 0 Å². The fourth-order valence-corrected chi connectivity index (χ4v) is 6.35. The van der Waals surface area contributed by atoms with Gasteiger partial charge < -0.3 is 62.2 Å². The number of Topliss-reactive ketones (excluding diaryl/α,β-unsaturated/α-hetero) is 4. The van der Waals surface area contributed by atoms with Crippen LogP contribution in [0, 0.1) is 29.6 Å². The van der Waals surface area contributed by atoms with Crippen LogP contribution in [0.4, 0.5) is 0 Å². The van der Waals surface area contributed by atoms with Crippen LogP contribution in [0.3, 0.4) is 0 Å². The van der Waals surface area contributed by atoms with E-state index in [1.807, 2.05) is 55.4 Å². The standard InChI is InChI=1S/C17H33NO5.2C15H30O4.C14H28O3.C8H18O/c1-14(2)7-9-22-12-16(19)6-5-8-21-10-11-23-13-17(20)18-15(3)4;1-13(2)7-9-18-12-15(16)6-5-8-17-10-11-19-14(3)4;1-13(2)7-9-17-8-5-6-15(16)12-18-10-11-19-14(3)4;1-12(2)7-10-16-9-5-6-14(15)8-11-17-13(3)4;1-7(2)5-6-9-8(3)4/h14-15H,5-13H2,1-4H3,(H,18,20);2*13-14H,5-12H2,1-4H3;12-13H,5-11H2,1-4H3;7-8H,5-6H2,1-4H3. The van der Waals surface area contributed by atoms with Crippen LogP contribution in [0.1, 0.15) is 228 Å². The van der Waals surface area contributed by atoms with Crippen LogP contribution < -0.4 is 5.32 Å². The summed E-state index contributed by atoms with van der Waals surface area (Å²) in [4.78, 5) is 57.2. The molecule has 18 heteroatoms. The first-order valence-electron chi connectivity index (χ1n) is 33.5. The van der Waals surface area contributed by atoms with Crippen molar-refractivity contribution in [1.82, 2.24) is 5.32 Å². The van der Waals surface area contributed by atoms with Crippen LogP contribution in [0.25, 0.3) is 0 Å². The first-order valence-corrected chi connectivity index (χ1v) is 33.5. The minimum absolute atomic E-state index is 0.0493.